The average molecular weight is 301 g/mol. The van der Waals surface area contributed by atoms with E-state index in [2.05, 4.69) is 15.1 Å². The molecule has 0 fully saturated rings. The molecule has 0 radical (unpaired) electrons. The average Bonchev–Trinajstić information content (AvgIpc) is 2.97. The third kappa shape index (κ3) is 2.82. The summed E-state index contributed by atoms with van der Waals surface area (Å²) in [5, 5.41) is 3.86. The zero-order chi connectivity index (χ0) is 14.9. The molecule has 0 atom stereocenters. The maximum atomic E-state index is 11.6. The first-order valence-corrected chi connectivity index (χ1v) is 7.99. The van der Waals surface area contributed by atoms with Crippen LogP contribution in [0, 0.1) is 0 Å². The van der Waals surface area contributed by atoms with Crippen LogP contribution in [0.2, 0.25) is 0 Å². The molecule has 0 saturated heterocycles. The lowest BCUT2D eigenvalue weighted by atomic mass is 10.2. The summed E-state index contributed by atoms with van der Waals surface area (Å²) in [6.45, 7) is 0. The second-order valence-electron chi connectivity index (χ2n) is 4.44. The molecule has 106 valence electrons. The summed E-state index contributed by atoms with van der Waals surface area (Å²) in [5.74, 6) is 0.608. The standard InChI is InChI=1S/C14H11N3O3S/c1-21(18,19)11-6-4-5-10(9-11)14-16-13(17-20-14)12-7-2-3-8-15-12/h2-9H,1H3. The number of hydrogen-bond donors (Lipinski definition) is 0. The van der Waals surface area contributed by atoms with E-state index in [9.17, 15) is 8.42 Å². The molecule has 0 unspecified atom stereocenters. The minimum atomic E-state index is -3.28. The van der Waals surface area contributed by atoms with E-state index < -0.39 is 9.84 Å². The van der Waals surface area contributed by atoms with Crippen molar-refractivity contribution in [3.63, 3.8) is 0 Å². The molecular weight excluding hydrogens is 290 g/mol. The molecule has 0 aliphatic heterocycles. The molecule has 0 aliphatic carbocycles. The van der Waals surface area contributed by atoms with Crippen LogP contribution in [0.1, 0.15) is 0 Å². The highest BCUT2D eigenvalue weighted by atomic mass is 32.2. The van der Waals surface area contributed by atoms with Gasteiger partial charge in [-0.1, -0.05) is 17.3 Å². The topological polar surface area (TPSA) is 86.0 Å². The van der Waals surface area contributed by atoms with Crippen molar-refractivity contribution in [2.75, 3.05) is 6.26 Å². The van der Waals surface area contributed by atoms with Gasteiger partial charge in [-0.05, 0) is 30.3 Å². The number of aromatic nitrogens is 3. The predicted octanol–water partition coefficient (Wildman–Crippen LogP) is 2.20. The fourth-order valence-corrected chi connectivity index (χ4v) is 2.47. The Morgan fingerprint density at radius 2 is 1.95 bits per heavy atom. The molecule has 2 heterocycles. The van der Waals surface area contributed by atoms with E-state index in [0.717, 1.165) is 6.26 Å². The van der Waals surface area contributed by atoms with Crippen LogP contribution in [0.4, 0.5) is 0 Å². The Morgan fingerprint density at radius 1 is 1.10 bits per heavy atom. The van der Waals surface area contributed by atoms with E-state index in [-0.39, 0.29) is 10.8 Å². The van der Waals surface area contributed by atoms with E-state index >= 15 is 0 Å². The van der Waals surface area contributed by atoms with Crippen molar-refractivity contribution in [1.82, 2.24) is 15.1 Å². The van der Waals surface area contributed by atoms with Crippen molar-refractivity contribution < 1.29 is 12.9 Å². The van der Waals surface area contributed by atoms with Gasteiger partial charge in [0.05, 0.1) is 4.90 Å². The number of benzene rings is 1. The predicted molar refractivity (Wildman–Crippen MR) is 76.1 cm³/mol. The van der Waals surface area contributed by atoms with Gasteiger partial charge in [-0.15, -0.1) is 0 Å². The van der Waals surface area contributed by atoms with Gasteiger partial charge in [-0.3, -0.25) is 4.98 Å². The van der Waals surface area contributed by atoms with Crippen LogP contribution >= 0.6 is 0 Å². The third-order valence-electron chi connectivity index (χ3n) is 2.83. The van der Waals surface area contributed by atoms with E-state index in [1.807, 2.05) is 6.07 Å². The Balaban J connectivity index is 2.01. The SMILES string of the molecule is CS(=O)(=O)c1cccc(-c2nc(-c3ccccn3)no2)c1. The maximum Gasteiger partial charge on any atom is 0.258 e. The molecule has 3 rings (SSSR count). The van der Waals surface area contributed by atoms with E-state index in [1.165, 1.54) is 12.1 Å². The monoisotopic (exact) mass is 301 g/mol. The van der Waals surface area contributed by atoms with Gasteiger partial charge in [0.1, 0.15) is 5.69 Å². The number of sulfone groups is 1. The highest BCUT2D eigenvalue weighted by Gasteiger charge is 2.14. The molecule has 3 aromatic rings. The number of nitrogens with zero attached hydrogens (tertiary/aromatic N) is 3. The minimum absolute atomic E-state index is 0.206. The first kappa shape index (κ1) is 13.4. The summed E-state index contributed by atoms with van der Waals surface area (Å²) < 4.78 is 28.3. The van der Waals surface area contributed by atoms with E-state index in [0.29, 0.717) is 17.1 Å². The molecular formula is C14H11N3O3S. The van der Waals surface area contributed by atoms with Crippen molar-refractivity contribution >= 4 is 9.84 Å². The zero-order valence-corrected chi connectivity index (χ0v) is 11.9. The van der Waals surface area contributed by atoms with Crippen molar-refractivity contribution in [3.05, 3.63) is 48.7 Å². The lowest BCUT2D eigenvalue weighted by Crippen LogP contribution is -1.96. The normalized spacial score (nSPS) is 11.5. The molecule has 2 aromatic heterocycles. The largest absolute Gasteiger partial charge is 0.334 e. The fourth-order valence-electron chi connectivity index (χ4n) is 1.80. The first-order valence-electron chi connectivity index (χ1n) is 6.10. The van der Waals surface area contributed by atoms with Crippen molar-refractivity contribution in [3.8, 4) is 23.0 Å². The number of rotatable bonds is 3. The molecule has 7 heteroatoms. The Bertz CT molecular complexity index is 873. The molecule has 0 amide bonds. The maximum absolute atomic E-state index is 11.6. The molecule has 21 heavy (non-hydrogen) atoms. The summed E-state index contributed by atoms with van der Waals surface area (Å²) in [4.78, 5) is 8.58. The Kier molecular flexibility index (Phi) is 3.26. The van der Waals surface area contributed by atoms with E-state index in [4.69, 9.17) is 4.52 Å². The van der Waals surface area contributed by atoms with Gasteiger partial charge in [0, 0.05) is 18.0 Å². The molecule has 6 nitrogen and oxygen atoms in total. The smallest absolute Gasteiger partial charge is 0.258 e. The van der Waals surface area contributed by atoms with Crippen molar-refractivity contribution in [1.29, 1.82) is 0 Å². The van der Waals surface area contributed by atoms with Crippen LogP contribution in [-0.2, 0) is 9.84 Å². The molecule has 0 aliphatic rings. The second kappa shape index (κ2) is 5.10. The molecule has 1 aromatic carbocycles. The highest BCUT2D eigenvalue weighted by Crippen LogP contribution is 2.23. The lowest BCUT2D eigenvalue weighted by Gasteiger charge is -1.99. The first-order chi connectivity index (χ1) is 10.0. The van der Waals surface area contributed by atoms with Gasteiger partial charge in [0.2, 0.25) is 5.82 Å². The molecule has 0 bridgehead atoms. The summed E-state index contributed by atoms with van der Waals surface area (Å²) >= 11 is 0. The fraction of sp³-hybridized carbons (Fsp3) is 0.0714. The molecule has 0 saturated carbocycles. The van der Waals surface area contributed by atoms with Crippen LogP contribution in [0.5, 0.6) is 0 Å². The summed E-state index contributed by atoms with van der Waals surface area (Å²) in [5.41, 5.74) is 1.14. The van der Waals surface area contributed by atoms with Crippen molar-refractivity contribution in [2.24, 2.45) is 0 Å². The number of pyridine rings is 1. The summed E-state index contributed by atoms with van der Waals surface area (Å²) in [6, 6.07) is 11.8. The van der Waals surface area contributed by atoms with Crippen LogP contribution in [-0.4, -0.2) is 29.8 Å². The Morgan fingerprint density at radius 3 is 2.67 bits per heavy atom. The van der Waals surface area contributed by atoms with Gasteiger partial charge >= 0.3 is 0 Å². The summed E-state index contributed by atoms with van der Waals surface area (Å²) in [6.07, 6.45) is 2.79. The van der Waals surface area contributed by atoms with Gasteiger partial charge in [0.15, 0.2) is 9.84 Å². The van der Waals surface area contributed by atoms with Gasteiger partial charge in [-0.25, -0.2) is 8.42 Å². The van der Waals surface area contributed by atoms with Crippen LogP contribution in [0.15, 0.2) is 58.1 Å². The van der Waals surface area contributed by atoms with E-state index in [1.54, 1.807) is 30.5 Å². The molecule has 0 spiro atoms. The highest BCUT2D eigenvalue weighted by molar-refractivity contribution is 7.90. The van der Waals surface area contributed by atoms with Crippen LogP contribution in [0.25, 0.3) is 23.0 Å². The second-order valence-corrected chi connectivity index (χ2v) is 6.45. The summed E-state index contributed by atoms with van der Waals surface area (Å²) in [7, 11) is -3.28. The van der Waals surface area contributed by atoms with Crippen LogP contribution < -0.4 is 0 Å². The third-order valence-corrected chi connectivity index (χ3v) is 3.94. The lowest BCUT2D eigenvalue weighted by molar-refractivity contribution is 0.432. The Labute approximate surface area is 121 Å². The van der Waals surface area contributed by atoms with Gasteiger partial charge in [-0.2, -0.15) is 4.98 Å². The van der Waals surface area contributed by atoms with Gasteiger partial charge < -0.3 is 4.52 Å². The zero-order valence-electron chi connectivity index (χ0n) is 11.1. The van der Waals surface area contributed by atoms with Gasteiger partial charge in [0.25, 0.3) is 5.89 Å². The minimum Gasteiger partial charge on any atom is -0.334 e. The quantitative estimate of drug-likeness (QED) is 0.737. The molecule has 0 N–H and O–H groups in total. The van der Waals surface area contributed by atoms with Crippen LogP contribution in [0.3, 0.4) is 0 Å². The Hall–Kier alpha value is -2.54. The van der Waals surface area contributed by atoms with Crippen molar-refractivity contribution in [2.45, 2.75) is 4.90 Å². The number of hydrogen-bond acceptors (Lipinski definition) is 6.